The normalized spacial score (nSPS) is 11.3. The average molecular weight is 292 g/mol. The maximum Gasteiger partial charge on any atom is 0.268 e. The predicted molar refractivity (Wildman–Crippen MR) is 77.3 cm³/mol. The fourth-order valence-corrected chi connectivity index (χ4v) is 2.99. The van der Waals surface area contributed by atoms with Crippen LogP contribution in [0.1, 0.15) is 12.5 Å². The summed E-state index contributed by atoms with van der Waals surface area (Å²) in [4.78, 5) is 4.00. The van der Waals surface area contributed by atoms with Crippen LogP contribution in [-0.2, 0) is 16.4 Å². The van der Waals surface area contributed by atoms with Gasteiger partial charge in [-0.1, -0.05) is 25.1 Å². The Morgan fingerprint density at radius 1 is 1.20 bits per heavy atom. The van der Waals surface area contributed by atoms with Gasteiger partial charge in [0.2, 0.25) is 0 Å². The van der Waals surface area contributed by atoms with Crippen molar-refractivity contribution in [3.05, 3.63) is 48.2 Å². The summed E-state index contributed by atoms with van der Waals surface area (Å²) in [5, 5.41) is 9.70. The molecule has 0 saturated carbocycles. The lowest BCUT2D eigenvalue weighted by molar-refractivity contribution is 0.458. The number of sulfonamides is 1. The van der Waals surface area contributed by atoms with Crippen LogP contribution in [0.25, 0.3) is 0 Å². The summed E-state index contributed by atoms with van der Waals surface area (Å²) in [5.74, 6) is 0.0370. The Morgan fingerprint density at radius 3 is 2.45 bits per heavy atom. The Balaban J connectivity index is 2.41. The van der Waals surface area contributed by atoms with Crippen LogP contribution < -0.4 is 4.31 Å². The van der Waals surface area contributed by atoms with E-state index in [0.29, 0.717) is 5.82 Å². The molecule has 0 aliphatic heterocycles. The minimum Gasteiger partial charge on any atom is -0.507 e. The lowest BCUT2D eigenvalue weighted by atomic mass is 10.2. The molecule has 0 bridgehead atoms. The van der Waals surface area contributed by atoms with Gasteiger partial charge in [0.15, 0.2) is 0 Å². The van der Waals surface area contributed by atoms with Crippen LogP contribution in [0, 0.1) is 0 Å². The first-order valence-corrected chi connectivity index (χ1v) is 7.62. The van der Waals surface area contributed by atoms with E-state index >= 15 is 0 Å². The van der Waals surface area contributed by atoms with Gasteiger partial charge in [0.1, 0.15) is 16.5 Å². The number of aromatic hydroxyl groups is 1. The van der Waals surface area contributed by atoms with Crippen LogP contribution in [-0.4, -0.2) is 25.6 Å². The second kappa shape index (κ2) is 5.50. The van der Waals surface area contributed by atoms with Crippen LogP contribution in [0.15, 0.2) is 47.5 Å². The summed E-state index contributed by atoms with van der Waals surface area (Å²) in [7, 11) is -2.41. The van der Waals surface area contributed by atoms with Gasteiger partial charge in [-0.25, -0.2) is 13.4 Å². The molecule has 0 spiro atoms. The van der Waals surface area contributed by atoms with E-state index in [1.807, 2.05) is 13.0 Å². The van der Waals surface area contributed by atoms with Gasteiger partial charge in [0.05, 0.1) is 0 Å². The zero-order valence-corrected chi connectivity index (χ0v) is 12.1. The second-order valence-corrected chi connectivity index (χ2v) is 6.26. The van der Waals surface area contributed by atoms with Gasteiger partial charge in [-0.3, -0.25) is 4.31 Å². The number of anilines is 1. The number of phenolic OH excluding ortho intramolecular Hbond substituents is 1. The van der Waals surface area contributed by atoms with Crippen molar-refractivity contribution in [2.24, 2.45) is 0 Å². The van der Waals surface area contributed by atoms with Crippen LogP contribution in [0.2, 0.25) is 0 Å². The quantitative estimate of drug-likeness (QED) is 0.937. The smallest absolute Gasteiger partial charge is 0.268 e. The van der Waals surface area contributed by atoms with Crippen molar-refractivity contribution in [3.8, 4) is 5.75 Å². The van der Waals surface area contributed by atoms with Crippen molar-refractivity contribution in [1.82, 2.24) is 4.98 Å². The molecule has 1 N–H and O–H groups in total. The van der Waals surface area contributed by atoms with E-state index in [2.05, 4.69) is 4.98 Å². The van der Waals surface area contributed by atoms with Crippen LogP contribution in [0.4, 0.5) is 5.82 Å². The highest BCUT2D eigenvalue weighted by Gasteiger charge is 2.24. The molecule has 2 aromatic rings. The zero-order chi connectivity index (χ0) is 14.8. The molecular formula is C14H16N2O3S. The number of nitrogens with zero attached hydrogens (tertiary/aromatic N) is 2. The molecule has 0 unspecified atom stereocenters. The monoisotopic (exact) mass is 292 g/mol. The first-order valence-electron chi connectivity index (χ1n) is 6.18. The summed E-state index contributed by atoms with van der Waals surface area (Å²) in [6.07, 6.45) is 2.48. The second-order valence-electron chi connectivity index (χ2n) is 4.32. The van der Waals surface area contributed by atoms with Crippen LogP contribution >= 0.6 is 0 Å². The highest BCUT2D eigenvalue weighted by atomic mass is 32.2. The molecule has 20 heavy (non-hydrogen) atoms. The number of para-hydroxylation sites is 1. The third-order valence-corrected chi connectivity index (χ3v) is 4.85. The molecule has 0 aliphatic rings. The standard InChI is InChI=1S/C14H16N2O3S/c1-3-11-8-9-14(15-10-11)16(2)20(18,19)13-7-5-4-6-12(13)17/h4-10,17H,3H2,1-2H3. The molecule has 2 rings (SSSR count). The van der Waals surface area contributed by atoms with Crippen molar-refractivity contribution in [3.63, 3.8) is 0 Å². The van der Waals surface area contributed by atoms with E-state index < -0.39 is 10.0 Å². The van der Waals surface area contributed by atoms with Crippen molar-refractivity contribution in [2.75, 3.05) is 11.4 Å². The van der Waals surface area contributed by atoms with Crippen molar-refractivity contribution in [2.45, 2.75) is 18.2 Å². The Morgan fingerprint density at radius 2 is 1.90 bits per heavy atom. The fourth-order valence-electron chi connectivity index (χ4n) is 1.76. The van der Waals surface area contributed by atoms with E-state index in [1.165, 1.54) is 19.2 Å². The third kappa shape index (κ3) is 2.60. The average Bonchev–Trinajstić information content (AvgIpc) is 2.47. The van der Waals surface area contributed by atoms with Gasteiger partial charge in [-0.2, -0.15) is 0 Å². The number of rotatable bonds is 4. The van der Waals surface area contributed by atoms with Gasteiger partial charge >= 0.3 is 0 Å². The lowest BCUT2D eigenvalue weighted by Gasteiger charge is -2.19. The number of aryl methyl sites for hydroxylation is 1. The fraction of sp³-hybridized carbons (Fsp3) is 0.214. The molecule has 106 valence electrons. The van der Waals surface area contributed by atoms with Gasteiger partial charge in [-0.15, -0.1) is 0 Å². The summed E-state index contributed by atoms with van der Waals surface area (Å²) in [6, 6.07) is 9.32. The first-order chi connectivity index (χ1) is 9.46. The molecule has 0 fully saturated rings. The molecule has 1 aromatic heterocycles. The molecule has 5 nitrogen and oxygen atoms in total. The van der Waals surface area contributed by atoms with Crippen molar-refractivity contribution < 1.29 is 13.5 Å². The minimum absolute atomic E-state index is 0.135. The predicted octanol–water partition coefficient (Wildman–Crippen LogP) is 2.17. The molecule has 0 amide bonds. The Labute approximate surface area is 118 Å². The number of phenols is 1. The SMILES string of the molecule is CCc1ccc(N(C)S(=O)(=O)c2ccccc2O)nc1. The van der Waals surface area contributed by atoms with Crippen LogP contribution in [0.5, 0.6) is 5.75 Å². The Kier molecular flexibility index (Phi) is 3.94. The van der Waals surface area contributed by atoms with Crippen molar-refractivity contribution in [1.29, 1.82) is 0 Å². The highest BCUT2D eigenvalue weighted by Crippen LogP contribution is 2.26. The van der Waals surface area contributed by atoms with Gasteiger partial charge < -0.3 is 5.11 Å². The molecule has 1 heterocycles. The first kappa shape index (κ1) is 14.3. The number of aromatic nitrogens is 1. The summed E-state index contributed by atoms with van der Waals surface area (Å²) < 4.78 is 25.9. The number of hydrogen-bond donors (Lipinski definition) is 1. The van der Waals surface area contributed by atoms with E-state index in [-0.39, 0.29) is 10.6 Å². The van der Waals surface area contributed by atoms with E-state index in [1.54, 1.807) is 24.4 Å². The Hall–Kier alpha value is -2.08. The zero-order valence-electron chi connectivity index (χ0n) is 11.3. The topological polar surface area (TPSA) is 70.5 Å². The van der Waals surface area contributed by atoms with E-state index in [4.69, 9.17) is 0 Å². The molecule has 0 saturated heterocycles. The van der Waals surface area contributed by atoms with E-state index in [9.17, 15) is 13.5 Å². The number of benzene rings is 1. The summed E-state index contributed by atoms with van der Waals surface area (Å²) in [6.45, 7) is 2.00. The molecule has 1 aromatic carbocycles. The van der Waals surface area contributed by atoms with Gasteiger partial charge in [0.25, 0.3) is 10.0 Å². The Bertz CT molecular complexity index is 697. The number of pyridine rings is 1. The van der Waals surface area contributed by atoms with Crippen LogP contribution in [0.3, 0.4) is 0 Å². The number of hydrogen-bond acceptors (Lipinski definition) is 4. The maximum atomic E-state index is 12.4. The summed E-state index contributed by atoms with van der Waals surface area (Å²) >= 11 is 0. The van der Waals surface area contributed by atoms with Crippen molar-refractivity contribution >= 4 is 15.8 Å². The minimum atomic E-state index is -3.82. The summed E-state index contributed by atoms with van der Waals surface area (Å²) in [5.41, 5.74) is 1.03. The molecule has 6 heteroatoms. The highest BCUT2D eigenvalue weighted by molar-refractivity contribution is 7.92. The molecule has 0 atom stereocenters. The molecule has 0 radical (unpaired) electrons. The lowest BCUT2D eigenvalue weighted by Crippen LogP contribution is -2.27. The largest absolute Gasteiger partial charge is 0.507 e. The van der Waals surface area contributed by atoms with E-state index in [0.717, 1.165) is 16.3 Å². The van der Waals surface area contributed by atoms with Gasteiger partial charge in [-0.05, 0) is 30.2 Å². The van der Waals surface area contributed by atoms with Gasteiger partial charge in [0, 0.05) is 13.2 Å². The molecule has 0 aliphatic carbocycles. The molecular weight excluding hydrogens is 276 g/mol. The maximum absolute atomic E-state index is 12.4. The third-order valence-electron chi connectivity index (χ3n) is 3.04.